The minimum atomic E-state index is -0.232. The molecule has 134 valence electrons. The van der Waals surface area contributed by atoms with Crippen LogP contribution in [0.15, 0.2) is 35.4 Å². The third kappa shape index (κ3) is 3.31. The lowest BCUT2D eigenvalue weighted by Gasteiger charge is -2.13. The van der Waals surface area contributed by atoms with E-state index in [4.69, 9.17) is 0 Å². The molecule has 2 aromatic heterocycles. The van der Waals surface area contributed by atoms with Crippen LogP contribution in [0.4, 0.5) is 0 Å². The van der Waals surface area contributed by atoms with Gasteiger partial charge in [0.2, 0.25) is 5.91 Å². The first-order valence-electron chi connectivity index (χ1n) is 8.83. The summed E-state index contributed by atoms with van der Waals surface area (Å²) in [7, 11) is 0. The van der Waals surface area contributed by atoms with E-state index in [1.165, 1.54) is 17.3 Å². The van der Waals surface area contributed by atoms with Gasteiger partial charge in [-0.1, -0.05) is 30.0 Å². The highest BCUT2D eigenvalue weighted by atomic mass is 32.2. The van der Waals surface area contributed by atoms with Crippen LogP contribution < -0.4 is 5.32 Å². The van der Waals surface area contributed by atoms with Crippen molar-refractivity contribution in [1.29, 1.82) is 0 Å². The standard InChI is InChI=1S/C19H21N5OS/c1-12-10-18(21-15-7-4-3-6-14(12)15)26-13(2)19(25)20-11-17-23-22-16-8-5-9-24(16)17/h3-4,6-7,10,13H,5,8-9,11H2,1-2H3,(H,20,25)/t13-/m1/s1. The summed E-state index contributed by atoms with van der Waals surface area (Å²) < 4.78 is 2.10. The summed E-state index contributed by atoms with van der Waals surface area (Å²) in [6.07, 6.45) is 2.07. The summed E-state index contributed by atoms with van der Waals surface area (Å²) in [5.41, 5.74) is 2.13. The van der Waals surface area contributed by atoms with E-state index in [1.807, 2.05) is 31.2 Å². The van der Waals surface area contributed by atoms with E-state index in [-0.39, 0.29) is 11.2 Å². The Morgan fingerprint density at radius 3 is 3.08 bits per heavy atom. The van der Waals surface area contributed by atoms with Gasteiger partial charge in [0.15, 0.2) is 5.82 Å². The van der Waals surface area contributed by atoms with Gasteiger partial charge in [0.05, 0.1) is 22.3 Å². The van der Waals surface area contributed by atoms with Crippen LogP contribution in [-0.4, -0.2) is 30.9 Å². The maximum absolute atomic E-state index is 12.5. The van der Waals surface area contributed by atoms with Gasteiger partial charge < -0.3 is 9.88 Å². The summed E-state index contributed by atoms with van der Waals surface area (Å²) in [5, 5.41) is 13.1. The van der Waals surface area contributed by atoms with Crippen LogP contribution in [0.2, 0.25) is 0 Å². The summed E-state index contributed by atoms with van der Waals surface area (Å²) in [6.45, 7) is 5.34. The van der Waals surface area contributed by atoms with Gasteiger partial charge in [-0.15, -0.1) is 10.2 Å². The van der Waals surface area contributed by atoms with Crippen LogP contribution in [0.1, 0.15) is 30.6 Å². The molecule has 26 heavy (non-hydrogen) atoms. The molecule has 6 nitrogen and oxygen atoms in total. The van der Waals surface area contributed by atoms with Crippen molar-refractivity contribution in [2.24, 2.45) is 0 Å². The molecule has 1 N–H and O–H groups in total. The number of thioether (sulfide) groups is 1. The summed E-state index contributed by atoms with van der Waals surface area (Å²) in [5.74, 6) is 1.84. The van der Waals surface area contributed by atoms with Gasteiger partial charge in [-0.3, -0.25) is 4.79 Å². The largest absolute Gasteiger partial charge is 0.348 e. The van der Waals surface area contributed by atoms with Crippen molar-refractivity contribution >= 4 is 28.6 Å². The van der Waals surface area contributed by atoms with Gasteiger partial charge in [0.1, 0.15) is 5.82 Å². The number of benzene rings is 1. The molecule has 0 fully saturated rings. The van der Waals surface area contributed by atoms with Crippen molar-refractivity contribution in [1.82, 2.24) is 25.1 Å². The van der Waals surface area contributed by atoms with E-state index in [1.54, 1.807) is 0 Å². The Morgan fingerprint density at radius 2 is 2.19 bits per heavy atom. The van der Waals surface area contributed by atoms with Crippen molar-refractivity contribution in [2.75, 3.05) is 0 Å². The number of aryl methyl sites for hydroxylation is 2. The van der Waals surface area contributed by atoms with Gasteiger partial charge in [-0.05, 0) is 38.0 Å². The molecule has 0 saturated carbocycles. The Labute approximate surface area is 156 Å². The first-order chi connectivity index (χ1) is 12.6. The molecule has 4 rings (SSSR count). The molecular weight excluding hydrogens is 346 g/mol. The lowest BCUT2D eigenvalue weighted by molar-refractivity contribution is -0.120. The van der Waals surface area contributed by atoms with Crippen molar-refractivity contribution in [3.05, 3.63) is 47.5 Å². The first kappa shape index (κ1) is 17.0. The van der Waals surface area contributed by atoms with Gasteiger partial charge in [0.25, 0.3) is 0 Å². The fourth-order valence-corrected chi connectivity index (χ4v) is 4.21. The predicted molar refractivity (Wildman–Crippen MR) is 102 cm³/mol. The Balaban J connectivity index is 1.41. The van der Waals surface area contributed by atoms with E-state index < -0.39 is 0 Å². The predicted octanol–water partition coefficient (Wildman–Crippen LogP) is 2.88. The number of hydrogen-bond acceptors (Lipinski definition) is 5. The highest BCUT2D eigenvalue weighted by Gasteiger charge is 2.20. The normalized spacial score (nSPS) is 14.4. The van der Waals surface area contributed by atoms with E-state index in [9.17, 15) is 4.79 Å². The lowest BCUT2D eigenvalue weighted by atomic mass is 10.1. The molecule has 1 atom stereocenters. The number of hydrogen-bond donors (Lipinski definition) is 1. The number of carbonyl (C=O) groups excluding carboxylic acids is 1. The molecule has 1 aliphatic heterocycles. The van der Waals surface area contributed by atoms with Crippen molar-refractivity contribution in [3.8, 4) is 0 Å². The van der Waals surface area contributed by atoms with Gasteiger partial charge in [0, 0.05) is 18.4 Å². The zero-order chi connectivity index (χ0) is 18.1. The lowest BCUT2D eigenvalue weighted by Crippen LogP contribution is -2.31. The number of aromatic nitrogens is 4. The second kappa shape index (κ2) is 7.07. The second-order valence-electron chi connectivity index (χ2n) is 6.56. The summed E-state index contributed by atoms with van der Waals surface area (Å²) in [6, 6.07) is 10.1. The zero-order valence-corrected chi connectivity index (χ0v) is 15.7. The highest BCUT2D eigenvalue weighted by Crippen LogP contribution is 2.26. The zero-order valence-electron chi connectivity index (χ0n) is 14.9. The molecule has 3 aromatic rings. The maximum Gasteiger partial charge on any atom is 0.233 e. The molecular formula is C19H21N5OS. The second-order valence-corrected chi connectivity index (χ2v) is 7.92. The van der Waals surface area contributed by atoms with Gasteiger partial charge >= 0.3 is 0 Å². The highest BCUT2D eigenvalue weighted by molar-refractivity contribution is 8.00. The monoisotopic (exact) mass is 367 g/mol. The minimum Gasteiger partial charge on any atom is -0.348 e. The number of fused-ring (bicyclic) bond motifs is 2. The topological polar surface area (TPSA) is 72.7 Å². The van der Waals surface area contributed by atoms with Crippen LogP contribution in [0, 0.1) is 6.92 Å². The smallest absolute Gasteiger partial charge is 0.233 e. The summed E-state index contributed by atoms with van der Waals surface area (Å²) in [4.78, 5) is 17.1. The molecule has 3 heterocycles. The number of nitrogens with one attached hydrogen (secondary N) is 1. The maximum atomic E-state index is 12.5. The molecule has 0 radical (unpaired) electrons. The number of nitrogens with zero attached hydrogens (tertiary/aromatic N) is 4. The molecule has 1 aliphatic rings. The average Bonchev–Trinajstić information content (AvgIpc) is 3.23. The van der Waals surface area contributed by atoms with Crippen LogP contribution in [0.3, 0.4) is 0 Å². The quantitative estimate of drug-likeness (QED) is 0.702. The third-order valence-electron chi connectivity index (χ3n) is 4.67. The Hall–Kier alpha value is -2.41. The Kier molecular flexibility index (Phi) is 4.63. The average molecular weight is 367 g/mol. The molecule has 0 bridgehead atoms. The molecule has 1 aromatic carbocycles. The molecule has 1 amide bonds. The van der Waals surface area contributed by atoms with Crippen LogP contribution in [-0.2, 0) is 24.3 Å². The molecule has 0 aliphatic carbocycles. The van der Waals surface area contributed by atoms with E-state index in [2.05, 4.69) is 38.1 Å². The van der Waals surface area contributed by atoms with Crippen molar-refractivity contribution in [3.63, 3.8) is 0 Å². The van der Waals surface area contributed by atoms with Gasteiger partial charge in [-0.25, -0.2) is 4.98 Å². The summed E-state index contributed by atoms with van der Waals surface area (Å²) >= 11 is 1.48. The molecule has 0 unspecified atom stereocenters. The molecule has 0 spiro atoms. The van der Waals surface area contributed by atoms with E-state index >= 15 is 0 Å². The number of amides is 1. The Morgan fingerprint density at radius 1 is 1.35 bits per heavy atom. The van der Waals surface area contributed by atoms with Crippen molar-refractivity contribution < 1.29 is 4.79 Å². The van der Waals surface area contributed by atoms with Crippen LogP contribution in [0.5, 0.6) is 0 Å². The number of carbonyl (C=O) groups is 1. The first-order valence-corrected chi connectivity index (χ1v) is 9.71. The van der Waals surface area contributed by atoms with Crippen molar-refractivity contribution in [2.45, 2.75) is 50.1 Å². The Bertz CT molecular complexity index is 968. The number of rotatable bonds is 5. The number of para-hydroxylation sites is 1. The fourth-order valence-electron chi connectivity index (χ4n) is 3.26. The molecule has 7 heteroatoms. The number of pyridine rings is 1. The van der Waals surface area contributed by atoms with E-state index in [0.29, 0.717) is 6.54 Å². The minimum absolute atomic E-state index is 0.0158. The molecule has 0 saturated heterocycles. The van der Waals surface area contributed by atoms with Gasteiger partial charge in [-0.2, -0.15) is 0 Å². The van der Waals surface area contributed by atoms with Crippen LogP contribution in [0.25, 0.3) is 10.9 Å². The van der Waals surface area contributed by atoms with Crippen LogP contribution >= 0.6 is 11.8 Å². The van der Waals surface area contributed by atoms with E-state index in [0.717, 1.165) is 47.0 Å². The fraction of sp³-hybridized carbons (Fsp3) is 0.368. The third-order valence-corrected chi connectivity index (χ3v) is 5.69. The SMILES string of the molecule is Cc1cc(S[C@H](C)C(=O)NCc2nnc3n2CCC3)nc2ccccc12.